The van der Waals surface area contributed by atoms with Crippen molar-refractivity contribution in [2.24, 2.45) is 0 Å². The van der Waals surface area contributed by atoms with Crippen molar-refractivity contribution in [3.05, 3.63) is 65.3 Å². The molecule has 3 rings (SSSR count). The smallest absolute Gasteiger partial charge is 0.273 e. The quantitative estimate of drug-likeness (QED) is 0.738. The van der Waals surface area contributed by atoms with Crippen LogP contribution in [0.1, 0.15) is 0 Å². The van der Waals surface area contributed by atoms with Crippen molar-refractivity contribution < 1.29 is 0 Å². The average molecular weight is 238 g/mol. The first-order valence-corrected chi connectivity index (χ1v) is 5.48. The molecule has 1 N–H and O–H groups in total. The summed E-state index contributed by atoms with van der Waals surface area (Å²) >= 11 is 0. The Hall–Kier alpha value is -2.69. The zero-order chi connectivity index (χ0) is 12.4. The van der Waals surface area contributed by atoms with Crippen molar-refractivity contribution >= 4 is 0 Å². The molecule has 0 saturated heterocycles. The Balaban J connectivity index is 2.10. The summed E-state index contributed by atoms with van der Waals surface area (Å²) in [6, 6.07) is 10.7. The Kier molecular flexibility index (Phi) is 2.49. The molecule has 18 heavy (non-hydrogen) atoms. The fourth-order valence-corrected chi connectivity index (χ4v) is 1.72. The summed E-state index contributed by atoms with van der Waals surface area (Å²) in [5.41, 5.74) is 1.44. The normalized spacial score (nSPS) is 10.4. The van der Waals surface area contributed by atoms with Gasteiger partial charge in [-0.25, -0.2) is 9.67 Å². The summed E-state index contributed by atoms with van der Waals surface area (Å²) in [6.07, 6.45) is 5.04. The van der Waals surface area contributed by atoms with Crippen LogP contribution in [0.25, 0.3) is 17.1 Å². The topological polar surface area (TPSA) is 63.6 Å². The van der Waals surface area contributed by atoms with Crippen molar-refractivity contribution in [3.63, 3.8) is 0 Å². The molecule has 3 aromatic rings. The highest BCUT2D eigenvalue weighted by atomic mass is 16.1. The predicted molar refractivity (Wildman–Crippen MR) is 67.4 cm³/mol. The molecule has 0 aliphatic rings. The van der Waals surface area contributed by atoms with E-state index in [0.29, 0.717) is 5.82 Å². The third-order valence-electron chi connectivity index (χ3n) is 2.57. The fourth-order valence-electron chi connectivity index (χ4n) is 1.72. The minimum atomic E-state index is -0.146. The molecule has 3 heterocycles. The van der Waals surface area contributed by atoms with E-state index in [2.05, 4.69) is 15.1 Å². The van der Waals surface area contributed by atoms with Crippen molar-refractivity contribution in [1.29, 1.82) is 0 Å². The lowest BCUT2D eigenvalue weighted by Crippen LogP contribution is -2.14. The predicted octanol–water partition coefficient (Wildman–Crippen LogP) is 1.62. The molecule has 0 unspecified atom stereocenters. The summed E-state index contributed by atoms with van der Waals surface area (Å²) in [5, 5.41) is 3.02. The van der Waals surface area contributed by atoms with Crippen LogP contribution in [0.4, 0.5) is 0 Å². The van der Waals surface area contributed by atoms with Gasteiger partial charge < -0.3 is 0 Å². The van der Waals surface area contributed by atoms with Crippen LogP contribution < -0.4 is 5.56 Å². The van der Waals surface area contributed by atoms with Gasteiger partial charge in [-0.2, -0.15) is 0 Å². The molecule has 5 heteroatoms. The largest absolute Gasteiger partial charge is 0.289 e. The van der Waals surface area contributed by atoms with Gasteiger partial charge in [0, 0.05) is 30.2 Å². The Morgan fingerprint density at radius 2 is 2.06 bits per heavy atom. The minimum Gasteiger partial charge on any atom is -0.289 e. The highest BCUT2D eigenvalue weighted by Gasteiger charge is 2.07. The average Bonchev–Trinajstić information content (AvgIpc) is 2.83. The van der Waals surface area contributed by atoms with E-state index in [1.165, 1.54) is 10.7 Å². The van der Waals surface area contributed by atoms with E-state index in [1.807, 2.05) is 18.2 Å². The van der Waals surface area contributed by atoms with Crippen molar-refractivity contribution in [1.82, 2.24) is 19.7 Å². The monoisotopic (exact) mass is 238 g/mol. The number of aromatic nitrogens is 4. The van der Waals surface area contributed by atoms with Gasteiger partial charge in [0.1, 0.15) is 0 Å². The summed E-state index contributed by atoms with van der Waals surface area (Å²) in [7, 11) is 0. The number of hydrogen-bond donors (Lipinski definition) is 1. The van der Waals surface area contributed by atoms with Crippen LogP contribution in [0.5, 0.6) is 0 Å². The highest BCUT2D eigenvalue weighted by molar-refractivity contribution is 5.57. The van der Waals surface area contributed by atoms with Gasteiger partial charge >= 0.3 is 0 Å². The Bertz CT molecular complexity index is 701. The maximum atomic E-state index is 11.9. The SMILES string of the molecule is O=c1cc(-c2cccnc2)[nH]n1-c1ccccn1. The molecular weight excluding hydrogens is 228 g/mol. The summed E-state index contributed by atoms with van der Waals surface area (Å²) in [5.74, 6) is 0.567. The number of nitrogens with one attached hydrogen (secondary N) is 1. The second kappa shape index (κ2) is 4.29. The zero-order valence-electron chi connectivity index (χ0n) is 9.45. The van der Waals surface area contributed by atoms with E-state index in [0.717, 1.165) is 11.3 Å². The van der Waals surface area contributed by atoms with Crippen LogP contribution in [-0.4, -0.2) is 19.7 Å². The van der Waals surface area contributed by atoms with E-state index in [-0.39, 0.29) is 5.56 Å². The third-order valence-corrected chi connectivity index (χ3v) is 2.57. The molecule has 0 amide bonds. The zero-order valence-corrected chi connectivity index (χ0v) is 9.45. The van der Waals surface area contributed by atoms with E-state index < -0.39 is 0 Å². The molecule has 0 aliphatic carbocycles. The molecule has 0 aromatic carbocycles. The molecule has 3 aromatic heterocycles. The van der Waals surface area contributed by atoms with Crippen molar-refractivity contribution in [2.45, 2.75) is 0 Å². The number of pyridine rings is 2. The maximum Gasteiger partial charge on any atom is 0.273 e. The fraction of sp³-hybridized carbons (Fsp3) is 0. The molecule has 0 radical (unpaired) electrons. The van der Waals surface area contributed by atoms with Gasteiger partial charge in [0.25, 0.3) is 5.56 Å². The van der Waals surface area contributed by atoms with Crippen LogP contribution in [-0.2, 0) is 0 Å². The molecule has 0 fully saturated rings. The van der Waals surface area contributed by atoms with Crippen molar-refractivity contribution in [3.8, 4) is 17.1 Å². The second-order valence-electron chi connectivity index (χ2n) is 3.77. The molecule has 0 saturated carbocycles. The maximum absolute atomic E-state index is 11.9. The Morgan fingerprint density at radius 1 is 1.11 bits per heavy atom. The lowest BCUT2D eigenvalue weighted by molar-refractivity contribution is 0.821. The first-order chi connectivity index (χ1) is 8.84. The van der Waals surface area contributed by atoms with Crippen molar-refractivity contribution in [2.75, 3.05) is 0 Å². The molecule has 5 nitrogen and oxygen atoms in total. The Morgan fingerprint density at radius 3 is 2.78 bits per heavy atom. The Labute approximate surface area is 103 Å². The number of aromatic amines is 1. The van der Waals surface area contributed by atoms with Crippen LogP contribution in [0, 0.1) is 0 Å². The molecule has 0 aliphatic heterocycles. The molecule has 0 atom stereocenters. The van der Waals surface area contributed by atoms with Crippen LogP contribution >= 0.6 is 0 Å². The highest BCUT2D eigenvalue weighted by Crippen LogP contribution is 2.13. The molecule has 0 spiro atoms. The number of rotatable bonds is 2. The van der Waals surface area contributed by atoms with Gasteiger partial charge in [0.2, 0.25) is 0 Å². The van der Waals surface area contributed by atoms with E-state index in [4.69, 9.17) is 0 Å². The van der Waals surface area contributed by atoms with Gasteiger partial charge in [0.05, 0.1) is 5.69 Å². The third kappa shape index (κ3) is 1.82. The summed E-state index contributed by atoms with van der Waals surface area (Å²) in [6.45, 7) is 0. The van der Waals surface area contributed by atoms with E-state index in [9.17, 15) is 4.79 Å². The second-order valence-corrected chi connectivity index (χ2v) is 3.77. The van der Waals surface area contributed by atoms with Crippen LogP contribution in [0.3, 0.4) is 0 Å². The first-order valence-electron chi connectivity index (χ1n) is 5.48. The lowest BCUT2D eigenvalue weighted by atomic mass is 10.2. The number of H-pyrrole nitrogens is 1. The van der Waals surface area contributed by atoms with Gasteiger partial charge in [-0.15, -0.1) is 0 Å². The molecule has 88 valence electrons. The lowest BCUT2D eigenvalue weighted by Gasteiger charge is -2.00. The van der Waals surface area contributed by atoms with Gasteiger partial charge in [0.15, 0.2) is 5.82 Å². The van der Waals surface area contributed by atoms with E-state index >= 15 is 0 Å². The molecular formula is C13H10N4O. The standard InChI is InChI=1S/C13H10N4O/c18-13-8-11(10-4-3-6-14-9-10)16-17(13)12-5-1-2-7-15-12/h1-9,16H. The number of nitrogens with zero attached hydrogens (tertiary/aromatic N) is 3. The van der Waals surface area contributed by atoms with Gasteiger partial charge in [-0.1, -0.05) is 6.07 Å². The van der Waals surface area contributed by atoms with E-state index in [1.54, 1.807) is 30.7 Å². The van der Waals surface area contributed by atoms with Crippen LogP contribution in [0.15, 0.2) is 59.8 Å². The summed E-state index contributed by atoms with van der Waals surface area (Å²) < 4.78 is 1.41. The van der Waals surface area contributed by atoms with Gasteiger partial charge in [-0.05, 0) is 24.3 Å². The minimum absolute atomic E-state index is 0.146. The number of hydrogen-bond acceptors (Lipinski definition) is 3. The summed E-state index contributed by atoms with van der Waals surface area (Å²) in [4.78, 5) is 20.0. The van der Waals surface area contributed by atoms with Crippen LogP contribution in [0.2, 0.25) is 0 Å². The molecule has 0 bridgehead atoms. The first kappa shape index (κ1) is 10.5. The van der Waals surface area contributed by atoms with Gasteiger partial charge in [-0.3, -0.25) is 14.9 Å².